The Morgan fingerprint density at radius 1 is 1.62 bits per heavy atom. The average molecular weight is 311 g/mol. The monoisotopic (exact) mass is 311 g/mol. The molecule has 0 amide bonds. The smallest absolute Gasteiger partial charge is 0.332 e. The summed E-state index contributed by atoms with van der Waals surface area (Å²) < 4.78 is 16.8. The van der Waals surface area contributed by atoms with Gasteiger partial charge < -0.3 is 19.1 Å². The highest BCUT2D eigenvalue weighted by atomic mass is 32.2. The number of methoxy groups -OCH3 is 1. The highest BCUT2D eigenvalue weighted by Crippen LogP contribution is 2.60. The number of carbonyl (C=O) groups excluding carboxylic acids is 1. The van der Waals surface area contributed by atoms with E-state index in [1.165, 1.54) is 7.11 Å². The van der Waals surface area contributed by atoms with Crippen LogP contribution in [-0.2, 0) is 19.0 Å². The van der Waals surface area contributed by atoms with Gasteiger partial charge in [-0.15, -0.1) is 0 Å². The summed E-state index contributed by atoms with van der Waals surface area (Å²) in [6.07, 6.45) is 3.36. The molecule has 6 heteroatoms. The molecule has 3 unspecified atom stereocenters. The summed E-state index contributed by atoms with van der Waals surface area (Å²) in [7, 11) is 1.40. The lowest BCUT2D eigenvalue weighted by molar-refractivity contribution is -0.135. The average Bonchev–Trinajstić information content (AvgIpc) is 2.79. The van der Waals surface area contributed by atoms with E-state index in [1.54, 1.807) is 17.8 Å². The van der Waals surface area contributed by atoms with Crippen LogP contribution in [0.25, 0.3) is 0 Å². The molecule has 3 aliphatic rings. The van der Waals surface area contributed by atoms with Gasteiger partial charge in [-0.1, -0.05) is 6.92 Å². The highest BCUT2D eigenvalue weighted by Gasteiger charge is 2.59. The zero-order valence-electron chi connectivity index (χ0n) is 12.8. The van der Waals surface area contributed by atoms with Gasteiger partial charge in [-0.2, -0.15) is 0 Å². The largest absolute Gasteiger partial charge is 0.486 e. The van der Waals surface area contributed by atoms with Crippen LogP contribution in [-0.4, -0.2) is 35.7 Å². The maximum absolute atomic E-state index is 11.7. The molecule has 0 saturated carbocycles. The zero-order chi connectivity index (χ0) is 15.2. The Morgan fingerprint density at radius 2 is 2.38 bits per heavy atom. The second-order valence-electron chi connectivity index (χ2n) is 5.70. The van der Waals surface area contributed by atoms with Crippen molar-refractivity contribution in [2.45, 2.75) is 44.8 Å². The SMILES string of the molecule is CCOC1=C(C)N2C(=CC(=O)OC)C3CC(C)CC2(O3)S1. The van der Waals surface area contributed by atoms with Crippen molar-refractivity contribution in [3.63, 3.8) is 0 Å². The summed E-state index contributed by atoms with van der Waals surface area (Å²) in [6.45, 7) is 6.84. The predicted molar refractivity (Wildman–Crippen MR) is 79.9 cm³/mol. The molecule has 0 aromatic rings. The quantitative estimate of drug-likeness (QED) is 0.590. The van der Waals surface area contributed by atoms with Crippen LogP contribution in [0, 0.1) is 5.92 Å². The van der Waals surface area contributed by atoms with Crippen LogP contribution in [0.15, 0.2) is 22.6 Å². The third-order valence-corrected chi connectivity index (χ3v) is 5.47. The van der Waals surface area contributed by atoms with E-state index in [4.69, 9.17) is 14.2 Å². The maximum Gasteiger partial charge on any atom is 0.332 e. The third-order valence-electron chi connectivity index (χ3n) is 4.10. The summed E-state index contributed by atoms with van der Waals surface area (Å²) in [4.78, 5) is 13.8. The van der Waals surface area contributed by atoms with Crippen molar-refractivity contribution in [1.82, 2.24) is 4.90 Å². The first kappa shape index (κ1) is 14.8. The van der Waals surface area contributed by atoms with Gasteiger partial charge in [-0.05, 0) is 37.9 Å². The number of carbonyl (C=O) groups is 1. The molecule has 5 nitrogen and oxygen atoms in total. The van der Waals surface area contributed by atoms with Gasteiger partial charge in [0.25, 0.3) is 0 Å². The number of hydrogen-bond acceptors (Lipinski definition) is 6. The Labute approximate surface area is 129 Å². The van der Waals surface area contributed by atoms with Crippen LogP contribution in [0.5, 0.6) is 0 Å². The Bertz CT molecular complexity index is 530. The molecule has 0 aromatic carbocycles. The fourth-order valence-corrected chi connectivity index (χ4v) is 4.92. The number of fused-ring (bicyclic) bond motifs is 1. The predicted octanol–water partition coefficient (Wildman–Crippen LogP) is 2.80. The van der Waals surface area contributed by atoms with Gasteiger partial charge in [0.05, 0.1) is 25.1 Å². The summed E-state index contributed by atoms with van der Waals surface area (Å²) >= 11 is 1.63. The van der Waals surface area contributed by atoms with Crippen molar-refractivity contribution < 1.29 is 19.0 Å². The van der Waals surface area contributed by atoms with Crippen LogP contribution in [0.1, 0.15) is 33.6 Å². The molecule has 2 fully saturated rings. The first-order chi connectivity index (χ1) is 10.0. The van der Waals surface area contributed by atoms with E-state index in [-0.39, 0.29) is 12.1 Å². The van der Waals surface area contributed by atoms with Gasteiger partial charge in [0.2, 0.25) is 5.06 Å². The molecule has 2 bridgehead atoms. The van der Waals surface area contributed by atoms with Crippen LogP contribution >= 0.6 is 11.8 Å². The van der Waals surface area contributed by atoms with Gasteiger partial charge in [-0.25, -0.2) is 4.79 Å². The number of hydrogen-bond donors (Lipinski definition) is 0. The molecule has 0 aliphatic carbocycles. The standard InChI is InChI=1S/C15H21NO4S/c1-5-19-14-10(3)16-11(7-13(17)18-4)12-6-9(2)8-15(16,20-12)21-14/h7,9,12H,5-6,8H2,1-4H3. The third kappa shape index (κ3) is 2.25. The first-order valence-corrected chi connectivity index (χ1v) is 8.12. The second kappa shape index (κ2) is 5.25. The lowest BCUT2D eigenvalue weighted by atomic mass is 9.97. The molecule has 21 heavy (non-hydrogen) atoms. The number of esters is 1. The molecule has 2 saturated heterocycles. The van der Waals surface area contributed by atoms with Gasteiger partial charge >= 0.3 is 5.97 Å². The zero-order valence-corrected chi connectivity index (χ0v) is 13.7. The summed E-state index contributed by atoms with van der Waals surface area (Å²) in [5.41, 5.74) is 1.92. The molecule has 0 N–H and O–H groups in total. The number of thioether (sulfide) groups is 1. The van der Waals surface area contributed by atoms with Crippen molar-refractivity contribution in [3.05, 3.63) is 22.6 Å². The summed E-state index contributed by atoms with van der Waals surface area (Å²) in [6, 6.07) is 0. The second-order valence-corrected chi connectivity index (χ2v) is 6.91. The molecular formula is C15H21NO4S. The highest BCUT2D eigenvalue weighted by molar-refractivity contribution is 8.04. The van der Waals surface area contributed by atoms with E-state index >= 15 is 0 Å². The van der Waals surface area contributed by atoms with Crippen molar-refractivity contribution in [1.29, 1.82) is 0 Å². The first-order valence-electron chi connectivity index (χ1n) is 7.31. The molecule has 1 spiro atoms. The maximum atomic E-state index is 11.7. The molecular weight excluding hydrogens is 290 g/mol. The van der Waals surface area contributed by atoms with Crippen molar-refractivity contribution in [2.24, 2.45) is 5.92 Å². The lowest BCUT2D eigenvalue weighted by Crippen LogP contribution is -2.39. The van der Waals surface area contributed by atoms with Crippen LogP contribution in [0.2, 0.25) is 0 Å². The molecule has 3 aliphatic heterocycles. The normalized spacial score (nSPS) is 36.2. The van der Waals surface area contributed by atoms with E-state index in [9.17, 15) is 4.79 Å². The molecule has 3 rings (SSSR count). The van der Waals surface area contributed by atoms with E-state index < -0.39 is 5.06 Å². The van der Waals surface area contributed by atoms with E-state index in [0.717, 1.165) is 29.3 Å². The van der Waals surface area contributed by atoms with Crippen LogP contribution in [0.3, 0.4) is 0 Å². The Balaban J connectivity index is 2.02. The van der Waals surface area contributed by atoms with Crippen molar-refractivity contribution in [3.8, 4) is 0 Å². The number of ether oxygens (including phenoxy) is 3. The Hall–Kier alpha value is -1.14. The molecule has 0 radical (unpaired) electrons. The number of allylic oxidation sites excluding steroid dienone is 1. The fraction of sp³-hybridized carbons (Fsp3) is 0.667. The molecule has 3 atom stereocenters. The van der Waals surface area contributed by atoms with Gasteiger partial charge in [0.15, 0.2) is 5.09 Å². The minimum absolute atomic E-state index is 0.0431. The summed E-state index contributed by atoms with van der Waals surface area (Å²) in [5.74, 6) is 0.197. The Kier molecular flexibility index (Phi) is 3.69. The topological polar surface area (TPSA) is 48.0 Å². The minimum atomic E-state index is -0.448. The molecule has 116 valence electrons. The fourth-order valence-electron chi connectivity index (χ4n) is 3.35. The van der Waals surface area contributed by atoms with E-state index in [1.807, 2.05) is 13.8 Å². The Morgan fingerprint density at radius 3 is 3.05 bits per heavy atom. The summed E-state index contributed by atoms with van der Waals surface area (Å²) in [5, 5.41) is 0.442. The molecule has 3 heterocycles. The van der Waals surface area contributed by atoms with Crippen LogP contribution < -0.4 is 0 Å². The van der Waals surface area contributed by atoms with E-state index in [2.05, 4.69) is 11.8 Å². The van der Waals surface area contributed by atoms with Gasteiger partial charge in [0.1, 0.15) is 6.10 Å². The van der Waals surface area contributed by atoms with Crippen LogP contribution in [0.4, 0.5) is 0 Å². The number of nitrogens with zero attached hydrogens (tertiary/aromatic N) is 1. The van der Waals surface area contributed by atoms with Gasteiger partial charge in [0, 0.05) is 12.5 Å². The van der Waals surface area contributed by atoms with Gasteiger partial charge in [-0.3, -0.25) is 0 Å². The van der Waals surface area contributed by atoms with Crippen molar-refractivity contribution in [2.75, 3.05) is 13.7 Å². The van der Waals surface area contributed by atoms with E-state index in [0.29, 0.717) is 12.5 Å². The minimum Gasteiger partial charge on any atom is -0.486 e. The lowest BCUT2D eigenvalue weighted by Gasteiger charge is -2.35. The molecule has 0 aromatic heterocycles. The number of rotatable bonds is 3. The van der Waals surface area contributed by atoms with Crippen molar-refractivity contribution >= 4 is 17.7 Å².